The summed E-state index contributed by atoms with van der Waals surface area (Å²) in [5, 5.41) is 0. The average molecular weight is 533 g/mol. The standard InChI is InChI=1S/C39H36N2/c1-6-36-38(5)37(4,39(36)24-29-16-10-11-17-30(29)34-22-26(2)20-21-40(34)39)33-19-13-12-18-31(33)35-23-27(3)32(25-41(35)38)28-14-8-7-9-15-28/h6-23,25,36H,1,24H2,2-5H3/q+2. The normalized spacial score (nSPS) is 26.6. The largest absolute Gasteiger partial charge is 0.213 e. The Bertz CT molecular complexity index is 1900. The Balaban J connectivity index is 1.47. The zero-order valence-corrected chi connectivity index (χ0v) is 24.4. The lowest BCUT2D eigenvalue weighted by atomic mass is 9.34. The molecule has 41 heavy (non-hydrogen) atoms. The fraction of sp³-hybridized carbons (Fsp3) is 0.231. The van der Waals surface area contributed by atoms with E-state index < -0.39 is 0 Å². The molecule has 0 N–H and O–H groups in total. The fourth-order valence-corrected chi connectivity index (χ4v) is 9.21. The molecule has 1 aliphatic carbocycles. The van der Waals surface area contributed by atoms with Crippen LogP contribution in [-0.4, -0.2) is 0 Å². The summed E-state index contributed by atoms with van der Waals surface area (Å²) in [6, 6.07) is 36.1. The van der Waals surface area contributed by atoms with Crippen molar-refractivity contribution in [3.8, 4) is 33.6 Å². The second kappa shape index (κ2) is 8.13. The third kappa shape index (κ3) is 2.74. The Morgan fingerprint density at radius 2 is 1.44 bits per heavy atom. The highest BCUT2D eigenvalue weighted by atomic mass is 15.2. The molecular weight excluding hydrogens is 496 g/mol. The lowest BCUT2D eigenvalue weighted by molar-refractivity contribution is -0.874. The molecular formula is C39H36N2+2. The number of pyridine rings is 2. The number of aryl methyl sites for hydroxylation is 2. The van der Waals surface area contributed by atoms with E-state index in [0.29, 0.717) is 0 Å². The molecule has 5 aromatic rings. The molecule has 8 rings (SSSR count). The first-order valence-corrected chi connectivity index (χ1v) is 14.8. The highest BCUT2D eigenvalue weighted by Gasteiger charge is 2.88. The third-order valence-electron chi connectivity index (χ3n) is 11.2. The SMILES string of the molecule is C=CC1C2(C)[n+]3cc(-c4ccccc4)c(C)cc3-c3ccccc3C2(C)C12Cc1ccccc1-c1cc(C)cc[n+]12. The summed E-state index contributed by atoms with van der Waals surface area (Å²) in [7, 11) is 0. The van der Waals surface area contributed by atoms with Gasteiger partial charge in [0.15, 0.2) is 17.9 Å². The third-order valence-corrected chi connectivity index (χ3v) is 11.2. The van der Waals surface area contributed by atoms with Crippen LogP contribution >= 0.6 is 0 Å². The van der Waals surface area contributed by atoms with Crippen LogP contribution in [0.15, 0.2) is 122 Å². The maximum Gasteiger partial charge on any atom is 0.213 e. The molecule has 0 saturated heterocycles. The molecule has 1 fully saturated rings. The highest BCUT2D eigenvalue weighted by molar-refractivity contribution is 5.73. The number of allylic oxidation sites excluding steroid dienone is 1. The maximum atomic E-state index is 4.55. The van der Waals surface area contributed by atoms with E-state index in [0.717, 1.165) is 6.42 Å². The van der Waals surface area contributed by atoms with Crippen LogP contribution in [0, 0.1) is 19.8 Å². The predicted molar refractivity (Wildman–Crippen MR) is 165 cm³/mol. The van der Waals surface area contributed by atoms with E-state index in [-0.39, 0.29) is 22.4 Å². The number of fused-ring (bicyclic) bond motifs is 11. The van der Waals surface area contributed by atoms with Crippen molar-refractivity contribution in [2.24, 2.45) is 5.92 Å². The van der Waals surface area contributed by atoms with E-state index in [1.54, 1.807) is 0 Å². The van der Waals surface area contributed by atoms with Gasteiger partial charge in [-0.3, -0.25) is 0 Å². The molecule has 3 aromatic carbocycles. The number of hydrogen-bond donors (Lipinski definition) is 0. The Kier molecular flexibility index (Phi) is 4.86. The Morgan fingerprint density at radius 3 is 2.22 bits per heavy atom. The van der Waals surface area contributed by atoms with Gasteiger partial charge in [-0.15, -0.1) is 6.58 Å². The van der Waals surface area contributed by atoms with Gasteiger partial charge in [0.1, 0.15) is 11.3 Å². The number of rotatable bonds is 2. The van der Waals surface area contributed by atoms with E-state index in [1.807, 2.05) is 0 Å². The molecule has 2 heteroatoms. The summed E-state index contributed by atoms with van der Waals surface area (Å²) >= 11 is 0. The van der Waals surface area contributed by atoms with Crippen molar-refractivity contribution in [3.05, 3.63) is 144 Å². The van der Waals surface area contributed by atoms with Gasteiger partial charge in [0, 0.05) is 42.7 Å². The number of aromatic nitrogens is 2. The van der Waals surface area contributed by atoms with Crippen molar-refractivity contribution in [2.45, 2.75) is 50.6 Å². The van der Waals surface area contributed by atoms with Crippen molar-refractivity contribution < 1.29 is 9.13 Å². The molecule has 0 amide bonds. The first-order valence-electron chi connectivity index (χ1n) is 14.8. The van der Waals surface area contributed by atoms with E-state index >= 15 is 0 Å². The van der Waals surface area contributed by atoms with Crippen LogP contribution in [0.2, 0.25) is 0 Å². The van der Waals surface area contributed by atoms with Gasteiger partial charge in [0.05, 0.1) is 5.56 Å². The minimum Gasteiger partial charge on any atom is -0.190 e. The van der Waals surface area contributed by atoms with Crippen LogP contribution in [0.1, 0.15) is 36.1 Å². The van der Waals surface area contributed by atoms with Crippen LogP contribution in [0.3, 0.4) is 0 Å². The first kappa shape index (κ1) is 24.5. The maximum absolute atomic E-state index is 4.55. The lowest BCUT2D eigenvalue weighted by Gasteiger charge is -2.67. The van der Waals surface area contributed by atoms with Gasteiger partial charge < -0.3 is 0 Å². The van der Waals surface area contributed by atoms with Gasteiger partial charge >= 0.3 is 0 Å². The number of hydrogen-bond acceptors (Lipinski definition) is 0. The molecule has 2 aliphatic heterocycles. The van der Waals surface area contributed by atoms with Crippen LogP contribution in [0.4, 0.5) is 0 Å². The molecule has 0 radical (unpaired) electrons. The molecule has 1 saturated carbocycles. The summed E-state index contributed by atoms with van der Waals surface area (Å²) in [5.41, 5.74) is 12.7. The van der Waals surface area contributed by atoms with Gasteiger partial charge in [0.25, 0.3) is 0 Å². The monoisotopic (exact) mass is 532 g/mol. The van der Waals surface area contributed by atoms with E-state index in [9.17, 15) is 0 Å². The van der Waals surface area contributed by atoms with Gasteiger partial charge in [-0.25, -0.2) is 0 Å². The van der Waals surface area contributed by atoms with Crippen molar-refractivity contribution in [1.29, 1.82) is 0 Å². The van der Waals surface area contributed by atoms with Gasteiger partial charge in [-0.1, -0.05) is 72.8 Å². The van der Waals surface area contributed by atoms with Crippen LogP contribution in [-0.2, 0) is 22.9 Å². The zero-order chi connectivity index (χ0) is 28.1. The summed E-state index contributed by atoms with van der Waals surface area (Å²) in [4.78, 5) is 0. The van der Waals surface area contributed by atoms with Gasteiger partial charge in [-0.05, 0) is 60.7 Å². The van der Waals surface area contributed by atoms with E-state index in [1.165, 1.54) is 55.9 Å². The molecule has 200 valence electrons. The van der Waals surface area contributed by atoms with Crippen LogP contribution in [0.25, 0.3) is 33.6 Å². The second-order valence-corrected chi connectivity index (χ2v) is 12.7. The smallest absolute Gasteiger partial charge is 0.190 e. The molecule has 3 aliphatic rings. The minimum atomic E-state index is -0.225. The first-order chi connectivity index (χ1) is 19.9. The van der Waals surface area contributed by atoms with Crippen molar-refractivity contribution >= 4 is 0 Å². The molecule has 4 unspecified atom stereocenters. The highest BCUT2D eigenvalue weighted by Crippen LogP contribution is 2.70. The number of nitrogens with zero attached hydrogens (tertiary/aromatic N) is 2. The molecule has 4 atom stereocenters. The minimum absolute atomic E-state index is 0.197. The molecule has 4 heterocycles. The van der Waals surface area contributed by atoms with E-state index in [4.69, 9.17) is 0 Å². The van der Waals surface area contributed by atoms with Crippen LogP contribution < -0.4 is 9.13 Å². The Labute approximate surface area is 243 Å². The number of benzene rings is 3. The van der Waals surface area contributed by atoms with Crippen molar-refractivity contribution in [2.75, 3.05) is 0 Å². The summed E-state index contributed by atoms with van der Waals surface area (Å²) in [5.74, 6) is 0.197. The Hall–Kier alpha value is -4.30. The summed E-state index contributed by atoms with van der Waals surface area (Å²) < 4.78 is 5.25. The Morgan fingerprint density at radius 1 is 0.756 bits per heavy atom. The second-order valence-electron chi connectivity index (χ2n) is 12.7. The van der Waals surface area contributed by atoms with Crippen LogP contribution in [0.5, 0.6) is 0 Å². The van der Waals surface area contributed by atoms with Gasteiger partial charge in [0.2, 0.25) is 16.9 Å². The lowest BCUT2D eigenvalue weighted by Crippen LogP contribution is -2.94. The quantitative estimate of drug-likeness (QED) is 0.163. The summed E-state index contributed by atoms with van der Waals surface area (Å²) in [6.45, 7) is 14.0. The topological polar surface area (TPSA) is 7.76 Å². The molecule has 2 aromatic heterocycles. The fourth-order valence-electron chi connectivity index (χ4n) is 9.21. The summed E-state index contributed by atoms with van der Waals surface area (Å²) in [6.07, 6.45) is 8.03. The average Bonchev–Trinajstić information content (AvgIpc) is 3.00. The zero-order valence-electron chi connectivity index (χ0n) is 24.4. The molecule has 0 bridgehead atoms. The van der Waals surface area contributed by atoms with Crippen molar-refractivity contribution in [1.82, 2.24) is 0 Å². The van der Waals surface area contributed by atoms with Crippen molar-refractivity contribution in [3.63, 3.8) is 0 Å². The predicted octanol–water partition coefficient (Wildman–Crippen LogP) is 7.63. The molecule has 1 spiro atoms. The van der Waals surface area contributed by atoms with E-state index in [2.05, 4.69) is 159 Å². The van der Waals surface area contributed by atoms with Gasteiger partial charge in [-0.2, -0.15) is 9.13 Å². The molecule has 2 nitrogen and oxygen atoms in total.